The smallest absolute Gasteiger partial charge is 0.234 e. The number of nitrogens with zero attached hydrogens (tertiary/aromatic N) is 5. The summed E-state index contributed by atoms with van der Waals surface area (Å²) < 4.78 is 26.8. The molecule has 4 aromatic heterocycles. The van der Waals surface area contributed by atoms with Crippen LogP contribution in [0.5, 0.6) is 46.3 Å². The summed E-state index contributed by atoms with van der Waals surface area (Å²) in [5, 5.41) is 2.09. The molecule has 9 rings (SSSR count). The molecule has 8 aromatic rings. The third-order valence-corrected chi connectivity index (χ3v) is 8.76. The Hall–Kier alpha value is -6.74. The zero-order valence-electron chi connectivity index (χ0n) is 27.5. The molecule has 1 aliphatic rings. The standard InChI is InChI=1S/C42H31N5O4/c1-2-14-37-28(9-1)27-45-42(46-37)47-38-25-33(48-29-10-7-12-31(23-29)50-40-15-3-5-21-43-40)17-19-35(38)36-20-18-34(26-39(36)47)49-30-11-8-13-32(24-30)51-41-16-4-6-22-44-41/h3-8,10-13,15-27H,1-2,9,14H2. The molecule has 1 aliphatic carbocycles. The molecule has 0 fully saturated rings. The van der Waals surface area contributed by atoms with Gasteiger partial charge in [0, 0.05) is 71.5 Å². The van der Waals surface area contributed by atoms with Crippen molar-refractivity contribution in [1.82, 2.24) is 24.5 Å². The molecule has 51 heavy (non-hydrogen) atoms. The highest BCUT2D eigenvalue weighted by atomic mass is 16.5. The third kappa shape index (κ3) is 6.40. The van der Waals surface area contributed by atoms with E-state index < -0.39 is 0 Å². The van der Waals surface area contributed by atoms with Gasteiger partial charge in [-0.3, -0.25) is 4.57 Å². The van der Waals surface area contributed by atoms with E-state index in [9.17, 15) is 0 Å². The molecule has 9 heteroatoms. The predicted octanol–water partition coefficient (Wildman–Crippen LogP) is 10.4. The summed E-state index contributed by atoms with van der Waals surface area (Å²) in [6, 6.07) is 38.3. The van der Waals surface area contributed by atoms with Crippen LogP contribution in [0.3, 0.4) is 0 Å². The number of ether oxygens (including phenoxy) is 4. The highest BCUT2D eigenvalue weighted by Crippen LogP contribution is 2.38. The molecule has 4 aromatic carbocycles. The molecule has 248 valence electrons. The minimum atomic E-state index is 0.513. The largest absolute Gasteiger partial charge is 0.457 e. The molecule has 0 aliphatic heterocycles. The summed E-state index contributed by atoms with van der Waals surface area (Å²) in [4.78, 5) is 18.5. The second-order valence-electron chi connectivity index (χ2n) is 12.2. The molecule has 0 saturated carbocycles. The van der Waals surface area contributed by atoms with E-state index in [1.165, 1.54) is 5.56 Å². The Balaban J connectivity index is 1.09. The van der Waals surface area contributed by atoms with Crippen molar-refractivity contribution < 1.29 is 18.9 Å². The Bertz CT molecular complexity index is 2360. The number of fused-ring (bicyclic) bond motifs is 4. The van der Waals surface area contributed by atoms with Crippen LogP contribution in [0.25, 0.3) is 27.8 Å². The molecular formula is C42H31N5O4. The normalized spacial score (nSPS) is 12.4. The Morgan fingerprint density at radius 3 is 1.55 bits per heavy atom. The lowest BCUT2D eigenvalue weighted by atomic mass is 9.98. The van der Waals surface area contributed by atoms with Crippen LogP contribution in [0.4, 0.5) is 0 Å². The number of rotatable bonds is 9. The van der Waals surface area contributed by atoms with Gasteiger partial charge in [0.2, 0.25) is 17.7 Å². The van der Waals surface area contributed by atoms with Crippen molar-refractivity contribution in [1.29, 1.82) is 0 Å². The van der Waals surface area contributed by atoms with Gasteiger partial charge in [-0.15, -0.1) is 0 Å². The van der Waals surface area contributed by atoms with E-state index in [4.69, 9.17) is 28.9 Å². The maximum atomic E-state index is 6.40. The molecule has 9 nitrogen and oxygen atoms in total. The number of aromatic nitrogens is 5. The van der Waals surface area contributed by atoms with E-state index in [0.717, 1.165) is 53.2 Å². The third-order valence-electron chi connectivity index (χ3n) is 8.76. The number of hydrogen-bond acceptors (Lipinski definition) is 8. The fourth-order valence-electron chi connectivity index (χ4n) is 6.42. The molecular weight excluding hydrogens is 638 g/mol. The summed E-state index contributed by atoms with van der Waals surface area (Å²) in [6.45, 7) is 0. The Kier molecular flexibility index (Phi) is 7.90. The summed E-state index contributed by atoms with van der Waals surface area (Å²) in [7, 11) is 0. The second kappa shape index (κ2) is 13.3. The molecule has 0 spiro atoms. The lowest BCUT2D eigenvalue weighted by Crippen LogP contribution is -2.10. The van der Waals surface area contributed by atoms with E-state index in [1.54, 1.807) is 12.4 Å². The van der Waals surface area contributed by atoms with Crippen molar-refractivity contribution in [2.75, 3.05) is 0 Å². The molecule has 0 bridgehead atoms. The van der Waals surface area contributed by atoms with Crippen LogP contribution in [0.2, 0.25) is 0 Å². The van der Waals surface area contributed by atoms with Gasteiger partial charge in [0.05, 0.1) is 11.0 Å². The molecule has 0 saturated heterocycles. The first-order valence-corrected chi connectivity index (χ1v) is 16.9. The van der Waals surface area contributed by atoms with E-state index in [0.29, 0.717) is 52.2 Å². The van der Waals surface area contributed by atoms with Gasteiger partial charge in [0.1, 0.15) is 34.5 Å². The van der Waals surface area contributed by atoms with E-state index in [-0.39, 0.29) is 0 Å². The number of aryl methyl sites for hydroxylation is 2. The zero-order valence-corrected chi connectivity index (χ0v) is 27.5. The van der Waals surface area contributed by atoms with Gasteiger partial charge in [0.15, 0.2) is 0 Å². The first kappa shape index (κ1) is 30.3. The zero-order chi connectivity index (χ0) is 34.0. The summed E-state index contributed by atoms with van der Waals surface area (Å²) >= 11 is 0. The molecule has 0 atom stereocenters. The van der Waals surface area contributed by atoms with E-state index in [1.807, 2.05) is 115 Å². The van der Waals surface area contributed by atoms with Gasteiger partial charge in [-0.1, -0.05) is 24.3 Å². The SMILES string of the molecule is c1ccc(Oc2cccc(Oc3ccc4c5ccc(Oc6cccc(Oc7ccccn7)c6)cc5n(-c5ncc6c(n5)CCCC6)c4c3)c2)nc1. The topological polar surface area (TPSA) is 93.4 Å². The fraction of sp³-hybridized carbons (Fsp3) is 0.0952. The van der Waals surface area contributed by atoms with Crippen LogP contribution in [0, 0.1) is 0 Å². The lowest BCUT2D eigenvalue weighted by molar-refractivity contribution is 0.448. The first-order chi connectivity index (χ1) is 25.2. The Labute approximate surface area is 293 Å². The highest BCUT2D eigenvalue weighted by molar-refractivity contribution is 6.09. The van der Waals surface area contributed by atoms with Crippen molar-refractivity contribution in [3.63, 3.8) is 0 Å². The number of benzene rings is 4. The van der Waals surface area contributed by atoms with Crippen molar-refractivity contribution >= 4 is 21.8 Å². The molecule has 0 radical (unpaired) electrons. The van der Waals surface area contributed by atoms with Gasteiger partial charge < -0.3 is 18.9 Å². The van der Waals surface area contributed by atoms with Gasteiger partial charge in [-0.25, -0.2) is 19.9 Å². The van der Waals surface area contributed by atoms with E-state index in [2.05, 4.69) is 26.7 Å². The Morgan fingerprint density at radius 2 is 1.00 bits per heavy atom. The fourth-order valence-corrected chi connectivity index (χ4v) is 6.42. The monoisotopic (exact) mass is 669 g/mol. The second-order valence-corrected chi connectivity index (χ2v) is 12.2. The average Bonchev–Trinajstić information content (AvgIpc) is 3.48. The van der Waals surface area contributed by atoms with Crippen molar-refractivity contribution in [2.45, 2.75) is 25.7 Å². The molecule has 0 unspecified atom stereocenters. The molecule has 0 N–H and O–H groups in total. The average molecular weight is 670 g/mol. The van der Waals surface area contributed by atoms with Gasteiger partial charge in [-0.2, -0.15) is 0 Å². The Morgan fingerprint density at radius 1 is 0.471 bits per heavy atom. The van der Waals surface area contributed by atoms with E-state index >= 15 is 0 Å². The van der Waals surface area contributed by atoms with Gasteiger partial charge >= 0.3 is 0 Å². The van der Waals surface area contributed by atoms with Gasteiger partial charge in [0.25, 0.3) is 0 Å². The molecule has 0 amide bonds. The van der Waals surface area contributed by atoms with Crippen molar-refractivity contribution in [2.24, 2.45) is 0 Å². The predicted molar refractivity (Wildman–Crippen MR) is 195 cm³/mol. The van der Waals surface area contributed by atoms with Crippen LogP contribution in [0.1, 0.15) is 24.1 Å². The lowest BCUT2D eigenvalue weighted by Gasteiger charge is -2.16. The van der Waals surface area contributed by atoms with Crippen LogP contribution in [0.15, 0.2) is 140 Å². The minimum absolute atomic E-state index is 0.513. The number of hydrogen-bond donors (Lipinski definition) is 0. The summed E-state index contributed by atoms with van der Waals surface area (Å²) in [5.74, 6) is 5.51. The maximum absolute atomic E-state index is 6.40. The van der Waals surface area contributed by atoms with Crippen molar-refractivity contribution in [3.8, 4) is 52.2 Å². The van der Waals surface area contributed by atoms with Crippen LogP contribution in [-0.2, 0) is 12.8 Å². The van der Waals surface area contributed by atoms with Crippen LogP contribution in [-0.4, -0.2) is 24.5 Å². The quantitative estimate of drug-likeness (QED) is 0.150. The number of pyridine rings is 2. The summed E-state index contributed by atoms with van der Waals surface area (Å²) in [5.41, 5.74) is 4.17. The highest BCUT2D eigenvalue weighted by Gasteiger charge is 2.19. The first-order valence-electron chi connectivity index (χ1n) is 16.9. The summed E-state index contributed by atoms with van der Waals surface area (Å²) in [6.07, 6.45) is 9.61. The van der Waals surface area contributed by atoms with Crippen LogP contribution < -0.4 is 18.9 Å². The minimum Gasteiger partial charge on any atom is -0.457 e. The van der Waals surface area contributed by atoms with Crippen molar-refractivity contribution in [3.05, 3.63) is 151 Å². The molecule has 4 heterocycles. The van der Waals surface area contributed by atoms with Crippen LogP contribution >= 0.6 is 0 Å². The maximum Gasteiger partial charge on any atom is 0.234 e. The van der Waals surface area contributed by atoms with Gasteiger partial charge in [-0.05, 0) is 91.9 Å².